The van der Waals surface area contributed by atoms with E-state index in [4.69, 9.17) is 4.74 Å². The van der Waals surface area contributed by atoms with Crippen molar-refractivity contribution in [1.82, 2.24) is 14.5 Å². The molecule has 1 heterocycles. The molecule has 0 saturated carbocycles. The smallest absolute Gasteiger partial charge is 0.262 e. The van der Waals surface area contributed by atoms with E-state index in [9.17, 15) is 22.0 Å². The summed E-state index contributed by atoms with van der Waals surface area (Å²) in [6.07, 6.45) is 2.09. The van der Waals surface area contributed by atoms with E-state index in [1.807, 2.05) is 0 Å². The quantitative estimate of drug-likeness (QED) is 0.484. The molecule has 2 atom stereocenters. The van der Waals surface area contributed by atoms with Crippen LogP contribution in [0.1, 0.15) is 35.7 Å². The van der Waals surface area contributed by atoms with Crippen LogP contribution in [-0.4, -0.2) is 85.0 Å². The molecule has 1 aliphatic heterocycles. The highest BCUT2D eigenvalue weighted by Gasteiger charge is 2.28. The van der Waals surface area contributed by atoms with E-state index in [0.29, 0.717) is 17.9 Å². The van der Waals surface area contributed by atoms with E-state index in [-0.39, 0.29) is 23.2 Å². The maximum atomic E-state index is 12.9. The van der Waals surface area contributed by atoms with Crippen LogP contribution in [0.2, 0.25) is 0 Å². The number of carbonyl (C=O) groups excluding carboxylic acids is 1. The molecule has 1 aromatic rings. The third-order valence-corrected chi connectivity index (χ3v) is 8.02. The van der Waals surface area contributed by atoms with Gasteiger partial charge in [0.15, 0.2) is 0 Å². The first-order valence-electron chi connectivity index (χ1n) is 10.0. The van der Waals surface area contributed by atoms with Gasteiger partial charge in [0.05, 0.1) is 18.4 Å². The Morgan fingerprint density at radius 1 is 1.39 bits per heavy atom. The molecule has 2 rings (SSSR count). The van der Waals surface area contributed by atoms with Gasteiger partial charge in [0.2, 0.25) is 10.0 Å². The lowest BCUT2D eigenvalue weighted by Crippen LogP contribution is -2.40. The summed E-state index contributed by atoms with van der Waals surface area (Å²) < 4.78 is 53.5. The number of hydrogen-bond donors (Lipinski definition) is 2. The number of sulfonamides is 1. The first-order valence-corrected chi connectivity index (χ1v) is 12.7. The topological polar surface area (TPSA) is 119 Å². The predicted octanol–water partition coefficient (Wildman–Crippen LogP) is 1.01. The molecule has 1 saturated heterocycles. The SMILES string of the molecule is CCN1CCCC1CNC(=O)c1cc(N(CS(=O)(=O)N(C)C)S(=O)O)c(C)cc1OC. The number of aryl methyl sites for hydroxylation is 1. The van der Waals surface area contributed by atoms with Crippen LogP contribution in [0.4, 0.5) is 5.69 Å². The molecule has 12 heteroatoms. The summed E-state index contributed by atoms with van der Waals surface area (Å²) in [5.41, 5.74) is 0.827. The second kappa shape index (κ2) is 10.7. The van der Waals surface area contributed by atoms with Gasteiger partial charge in [0, 0.05) is 26.7 Å². The molecule has 176 valence electrons. The summed E-state index contributed by atoms with van der Waals surface area (Å²) in [5, 5.41) is 2.92. The first kappa shape index (κ1) is 25.5. The molecule has 0 aliphatic carbocycles. The minimum atomic E-state index is -3.82. The highest BCUT2D eigenvalue weighted by Crippen LogP contribution is 2.30. The van der Waals surface area contributed by atoms with Crippen molar-refractivity contribution in [2.75, 3.05) is 51.0 Å². The molecular formula is C19H32N4O6S2. The molecule has 31 heavy (non-hydrogen) atoms. The number of methoxy groups -OCH3 is 1. The van der Waals surface area contributed by atoms with Gasteiger partial charge < -0.3 is 10.1 Å². The van der Waals surface area contributed by atoms with Gasteiger partial charge in [-0.1, -0.05) is 6.92 Å². The molecule has 1 aromatic carbocycles. The molecule has 1 amide bonds. The Kier molecular flexibility index (Phi) is 8.83. The third kappa shape index (κ3) is 6.16. The zero-order valence-corrected chi connectivity index (χ0v) is 20.3. The molecule has 0 radical (unpaired) electrons. The molecule has 2 N–H and O–H groups in total. The number of likely N-dealkylation sites (tertiary alicyclic amines) is 1. The predicted molar refractivity (Wildman–Crippen MR) is 121 cm³/mol. The normalized spacial score (nSPS) is 18.2. The lowest BCUT2D eigenvalue weighted by Gasteiger charge is -2.25. The maximum absolute atomic E-state index is 12.9. The van der Waals surface area contributed by atoms with Crippen LogP contribution in [0.3, 0.4) is 0 Å². The maximum Gasteiger partial charge on any atom is 0.262 e. The number of nitrogens with zero attached hydrogens (tertiary/aromatic N) is 3. The van der Waals surface area contributed by atoms with Gasteiger partial charge in [-0.3, -0.25) is 18.6 Å². The number of nitrogens with one attached hydrogen (secondary N) is 1. The average Bonchev–Trinajstić information content (AvgIpc) is 3.17. The number of carbonyl (C=O) groups is 1. The van der Waals surface area contributed by atoms with Crippen molar-refractivity contribution in [2.45, 2.75) is 32.7 Å². The Morgan fingerprint density at radius 2 is 2.06 bits per heavy atom. The molecule has 1 fully saturated rings. The Bertz CT molecular complexity index is 922. The van der Waals surface area contributed by atoms with Gasteiger partial charge in [-0.25, -0.2) is 16.9 Å². The minimum Gasteiger partial charge on any atom is -0.496 e. The molecule has 1 aliphatic rings. The highest BCUT2D eigenvalue weighted by molar-refractivity contribution is 7.90. The number of anilines is 1. The monoisotopic (exact) mass is 476 g/mol. The summed E-state index contributed by atoms with van der Waals surface area (Å²) in [6.45, 7) is 6.13. The zero-order chi connectivity index (χ0) is 23.3. The molecule has 0 spiro atoms. The average molecular weight is 477 g/mol. The van der Waals surface area contributed by atoms with Crippen molar-refractivity contribution < 1.29 is 26.7 Å². The molecule has 10 nitrogen and oxygen atoms in total. The van der Waals surface area contributed by atoms with Gasteiger partial charge in [-0.15, -0.1) is 0 Å². The van der Waals surface area contributed by atoms with Crippen LogP contribution in [0.25, 0.3) is 0 Å². The Labute approximate surface area is 187 Å². The number of benzene rings is 1. The van der Waals surface area contributed by atoms with Crippen LogP contribution in [0, 0.1) is 6.92 Å². The fourth-order valence-corrected chi connectivity index (χ4v) is 5.39. The van der Waals surface area contributed by atoms with Gasteiger partial charge in [-0.05, 0) is 50.6 Å². The van der Waals surface area contributed by atoms with Crippen molar-refractivity contribution >= 4 is 32.9 Å². The Hall–Kier alpha value is -1.73. The van der Waals surface area contributed by atoms with Crippen LogP contribution < -0.4 is 14.4 Å². The standard InChI is InChI=1S/C19H32N4O6S2/c1-6-22-9-7-8-15(22)12-20-19(24)16-11-17(14(2)10-18(16)29-5)23(30(25)26)13-31(27,28)21(3)4/h10-11,15H,6-9,12-13H2,1-5H3,(H,20,24)(H,25,26). The first-order chi connectivity index (χ1) is 14.5. The van der Waals surface area contributed by atoms with E-state index >= 15 is 0 Å². The van der Waals surface area contributed by atoms with E-state index in [1.165, 1.54) is 27.3 Å². The second-order valence-electron chi connectivity index (χ2n) is 7.61. The van der Waals surface area contributed by atoms with E-state index in [0.717, 1.165) is 34.5 Å². The van der Waals surface area contributed by atoms with Gasteiger partial charge in [-0.2, -0.15) is 0 Å². The van der Waals surface area contributed by atoms with Crippen molar-refractivity contribution in [1.29, 1.82) is 0 Å². The fourth-order valence-electron chi connectivity index (χ4n) is 3.60. The summed E-state index contributed by atoms with van der Waals surface area (Å²) in [7, 11) is 0.299. The largest absolute Gasteiger partial charge is 0.496 e. The molecule has 0 bridgehead atoms. The van der Waals surface area contributed by atoms with Gasteiger partial charge in [0.1, 0.15) is 11.6 Å². The summed E-state index contributed by atoms with van der Waals surface area (Å²) >= 11 is -2.62. The lowest BCUT2D eigenvalue weighted by molar-refractivity contribution is 0.0938. The van der Waals surface area contributed by atoms with Gasteiger partial charge in [0.25, 0.3) is 17.2 Å². The number of likely N-dealkylation sites (N-methyl/N-ethyl adjacent to an activating group) is 1. The summed E-state index contributed by atoms with van der Waals surface area (Å²) in [6, 6.07) is 3.21. The Morgan fingerprint density at radius 3 is 2.61 bits per heavy atom. The molecule has 2 unspecified atom stereocenters. The van der Waals surface area contributed by atoms with E-state index < -0.39 is 27.2 Å². The van der Waals surface area contributed by atoms with Gasteiger partial charge >= 0.3 is 0 Å². The fraction of sp³-hybridized carbons (Fsp3) is 0.632. The summed E-state index contributed by atoms with van der Waals surface area (Å²) in [5.74, 6) is -0.804. The number of rotatable bonds is 10. The highest BCUT2D eigenvalue weighted by atomic mass is 32.2. The number of amides is 1. The van der Waals surface area contributed by atoms with Crippen LogP contribution in [-0.2, 0) is 21.3 Å². The summed E-state index contributed by atoms with van der Waals surface area (Å²) in [4.78, 5) is 15.2. The van der Waals surface area contributed by atoms with Crippen molar-refractivity contribution in [3.63, 3.8) is 0 Å². The van der Waals surface area contributed by atoms with Crippen LogP contribution in [0.5, 0.6) is 5.75 Å². The lowest BCUT2D eigenvalue weighted by atomic mass is 10.1. The molecular weight excluding hydrogens is 444 g/mol. The van der Waals surface area contributed by atoms with E-state index in [1.54, 1.807) is 13.0 Å². The zero-order valence-electron chi connectivity index (χ0n) is 18.6. The second-order valence-corrected chi connectivity index (χ2v) is 10.7. The van der Waals surface area contributed by atoms with E-state index in [2.05, 4.69) is 17.1 Å². The van der Waals surface area contributed by atoms with Crippen LogP contribution in [0.15, 0.2) is 12.1 Å². The number of ether oxygens (including phenoxy) is 1. The Balaban J connectivity index is 2.34. The third-order valence-electron chi connectivity index (χ3n) is 5.46. The minimum absolute atomic E-state index is 0.160. The number of hydrogen-bond acceptors (Lipinski definition) is 6. The van der Waals surface area contributed by atoms with Crippen molar-refractivity contribution in [2.24, 2.45) is 0 Å². The molecule has 0 aromatic heterocycles. The van der Waals surface area contributed by atoms with Crippen molar-refractivity contribution in [3.05, 3.63) is 23.3 Å². The van der Waals surface area contributed by atoms with Crippen molar-refractivity contribution in [3.8, 4) is 5.75 Å². The van der Waals surface area contributed by atoms with Crippen LogP contribution >= 0.6 is 0 Å².